The zero-order valence-electron chi connectivity index (χ0n) is 14.8. The van der Waals surface area contributed by atoms with Crippen molar-refractivity contribution in [1.29, 1.82) is 0 Å². The molecule has 138 valence electrons. The van der Waals surface area contributed by atoms with Gasteiger partial charge in [0, 0.05) is 23.6 Å². The smallest absolute Gasteiger partial charge is 0.257 e. The van der Waals surface area contributed by atoms with Gasteiger partial charge in [0.25, 0.3) is 5.91 Å². The van der Waals surface area contributed by atoms with Crippen LogP contribution in [0.2, 0.25) is 5.02 Å². The second kappa shape index (κ2) is 8.94. The zero-order chi connectivity index (χ0) is 19.3. The lowest BCUT2D eigenvalue weighted by Gasteiger charge is -2.25. The van der Waals surface area contributed by atoms with Gasteiger partial charge in [-0.2, -0.15) is 0 Å². The predicted octanol–water partition coefficient (Wildman–Crippen LogP) is 2.86. The van der Waals surface area contributed by atoms with E-state index in [2.05, 4.69) is 5.32 Å². The number of aliphatic hydroxyl groups is 1. The van der Waals surface area contributed by atoms with Gasteiger partial charge in [-0.3, -0.25) is 14.9 Å². The maximum atomic E-state index is 11.8. The van der Waals surface area contributed by atoms with Crippen LogP contribution in [0.3, 0.4) is 0 Å². The van der Waals surface area contributed by atoms with Crippen molar-refractivity contribution in [2.45, 2.75) is 32.4 Å². The lowest BCUT2D eigenvalue weighted by molar-refractivity contribution is -0.118. The molecule has 0 spiro atoms. The molecule has 0 aliphatic rings. The number of nitrogens with two attached hydrogens (primary N) is 1. The summed E-state index contributed by atoms with van der Waals surface area (Å²) in [6.45, 7) is 3.26. The molecule has 3 unspecified atom stereocenters. The number of carbonyl (C=O) groups is 2. The lowest BCUT2D eigenvalue weighted by Crippen LogP contribution is -2.36. The van der Waals surface area contributed by atoms with Crippen molar-refractivity contribution in [3.8, 4) is 0 Å². The molecule has 26 heavy (non-hydrogen) atoms. The summed E-state index contributed by atoms with van der Waals surface area (Å²) in [6.07, 6.45) is -0.169. The number of hydrogen-bond acceptors (Lipinski definition) is 4. The third-order valence-corrected chi connectivity index (χ3v) is 4.51. The van der Waals surface area contributed by atoms with E-state index in [0.717, 1.165) is 5.56 Å². The molecule has 2 rings (SSSR count). The number of carbonyl (C=O) groups excluding carboxylic acids is 2. The highest BCUT2D eigenvalue weighted by molar-refractivity contribution is 6.30. The van der Waals surface area contributed by atoms with Crippen molar-refractivity contribution in [2.75, 3.05) is 0 Å². The Kier molecular flexibility index (Phi) is 6.91. The monoisotopic (exact) mass is 374 g/mol. The summed E-state index contributed by atoms with van der Waals surface area (Å²) >= 11 is 5.97. The summed E-state index contributed by atoms with van der Waals surface area (Å²) in [5.41, 5.74) is 8.32. The van der Waals surface area contributed by atoms with Crippen molar-refractivity contribution >= 4 is 23.4 Å². The molecule has 0 aromatic heterocycles. The Morgan fingerprint density at radius 2 is 1.85 bits per heavy atom. The van der Waals surface area contributed by atoms with E-state index in [1.165, 1.54) is 6.92 Å². The molecular formula is C20H23ClN2O3. The van der Waals surface area contributed by atoms with Crippen molar-refractivity contribution in [1.82, 2.24) is 5.32 Å². The molecule has 5 nitrogen and oxygen atoms in total. The second-order valence-corrected chi connectivity index (χ2v) is 6.90. The van der Waals surface area contributed by atoms with Gasteiger partial charge in [-0.1, -0.05) is 42.8 Å². The van der Waals surface area contributed by atoms with Gasteiger partial charge in [0.15, 0.2) is 0 Å². The highest BCUT2D eigenvalue weighted by atomic mass is 35.5. The van der Waals surface area contributed by atoms with E-state index in [1.54, 1.807) is 36.4 Å². The largest absolute Gasteiger partial charge is 0.387 e. The summed E-state index contributed by atoms with van der Waals surface area (Å²) in [5, 5.41) is 13.3. The van der Waals surface area contributed by atoms with E-state index in [0.29, 0.717) is 22.6 Å². The number of aliphatic hydroxyl groups excluding tert-OH is 1. The number of nitrogens with one attached hydrogen (secondary N) is 1. The Morgan fingerprint density at radius 3 is 2.42 bits per heavy atom. The second-order valence-electron chi connectivity index (χ2n) is 6.47. The maximum Gasteiger partial charge on any atom is 0.257 e. The fourth-order valence-corrected chi connectivity index (χ4v) is 2.95. The number of benzene rings is 2. The lowest BCUT2D eigenvalue weighted by atomic mass is 9.88. The Hall–Kier alpha value is -2.21. The van der Waals surface area contributed by atoms with Crippen LogP contribution in [-0.4, -0.2) is 23.0 Å². The minimum Gasteiger partial charge on any atom is -0.387 e. The van der Waals surface area contributed by atoms with Crippen LogP contribution >= 0.6 is 11.6 Å². The van der Waals surface area contributed by atoms with E-state index in [4.69, 9.17) is 17.3 Å². The minimum absolute atomic E-state index is 0.000813. The molecule has 6 heteroatoms. The van der Waals surface area contributed by atoms with Crippen molar-refractivity contribution in [3.63, 3.8) is 0 Å². The molecule has 0 aliphatic carbocycles. The molecule has 3 atom stereocenters. The van der Waals surface area contributed by atoms with Gasteiger partial charge in [0.2, 0.25) is 5.91 Å². The maximum absolute atomic E-state index is 11.8. The SMILES string of the molecule is CC(=O)NC(=O)c1ccc(CC(C)C(N)C(O)c2cccc(Cl)c2)cc1. The summed E-state index contributed by atoms with van der Waals surface area (Å²) in [4.78, 5) is 22.7. The number of halogens is 1. The molecule has 0 bridgehead atoms. The van der Waals surface area contributed by atoms with Gasteiger partial charge in [-0.15, -0.1) is 0 Å². The van der Waals surface area contributed by atoms with E-state index < -0.39 is 24.0 Å². The number of hydrogen-bond donors (Lipinski definition) is 3. The van der Waals surface area contributed by atoms with Crippen molar-refractivity contribution in [3.05, 3.63) is 70.2 Å². The summed E-state index contributed by atoms with van der Waals surface area (Å²) < 4.78 is 0. The van der Waals surface area contributed by atoms with Crippen molar-refractivity contribution in [2.24, 2.45) is 11.7 Å². The quantitative estimate of drug-likeness (QED) is 0.724. The molecule has 0 aliphatic heterocycles. The normalized spacial score (nSPS) is 14.3. The summed E-state index contributed by atoms with van der Waals surface area (Å²) in [6, 6.07) is 13.5. The molecule has 2 aromatic carbocycles. The van der Waals surface area contributed by atoms with Crippen LogP contribution in [-0.2, 0) is 11.2 Å². The minimum atomic E-state index is -0.815. The van der Waals surface area contributed by atoms with Gasteiger partial charge in [-0.05, 0) is 47.7 Å². The van der Waals surface area contributed by atoms with Crippen LogP contribution in [0.5, 0.6) is 0 Å². The summed E-state index contributed by atoms with van der Waals surface area (Å²) in [7, 11) is 0. The first kappa shape index (κ1) is 20.1. The Bertz CT molecular complexity index is 777. The van der Waals surface area contributed by atoms with Gasteiger partial charge in [0.1, 0.15) is 0 Å². The van der Waals surface area contributed by atoms with E-state index in [1.807, 2.05) is 19.1 Å². The standard InChI is InChI=1S/C20H23ClN2O3/c1-12(18(22)19(25)16-4-3-5-17(21)11-16)10-14-6-8-15(9-7-14)20(26)23-13(2)24/h3-9,11-12,18-19,25H,10,22H2,1-2H3,(H,23,24,26). The van der Waals surface area contributed by atoms with Crippen molar-refractivity contribution < 1.29 is 14.7 Å². The molecule has 0 heterocycles. The third-order valence-electron chi connectivity index (χ3n) is 4.28. The molecule has 0 saturated carbocycles. The number of amides is 2. The Morgan fingerprint density at radius 1 is 1.19 bits per heavy atom. The van der Waals surface area contributed by atoms with Crippen LogP contribution in [0.15, 0.2) is 48.5 Å². The van der Waals surface area contributed by atoms with Gasteiger partial charge in [-0.25, -0.2) is 0 Å². The highest BCUT2D eigenvalue weighted by Crippen LogP contribution is 2.25. The zero-order valence-corrected chi connectivity index (χ0v) is 15.5. The van der Waals surface area contributed by atoms with Crippen LogP contribution in [0.4, 0.5) is 0 Å². The number of imide groups is 1. The Labute approximate surface area is 158 Å². The summed E-state index contributed by atoms with van der Waals surface area (Å²) in [5.74, 6) is -0.820. The predicted molar refractivity (Wildman–Crippen MR) is 102 cm³/mol. The van der Waals surface area contributed by atoms with Crippen LogP contribution < -0.4 is 11.1 Å². The first-order chi connectivity index (χ1) is 12.3. The fraction of sp³-hybridized carbons (Fsp3) is 0.300. The fourth-order valence-electron chi connectivity index (χ4n) is 2.76. The molecule has 0 fully saturated rings. The topological polar surface area (TPSA) is 92.4 Å². The van der Waals surface area contributed by atoms with E-state index >= 15 is 0 Å². The van der Waals surface area contributed by atoms with Crippen LogP contribution in [0.1, 0.15) is 41.4 Å². The molecule has 2 aromatic rings. The average Bonchev–Trinajstić information content (AvgIpc) is 2.60. The third kappa shape index (κ3) is 5.39. The van der Waals surface area contributed by atoms with E-state index in [-0.39, 0.29) is 5.92 Å². The van der Waals surface area contributed by atoms with E-state index in [9.17, 15) is 14.7 Å². The van der Waals surface area contributed by atoms with Gasteiger partial charge < -0.3 is 10.8 Å². The molecule has 2 amide bonds. The molecule has 4 N–H and O–H groups in total. The van der Waals surface area contributed by atoms with Crippen LogP contribution in [0, 0.1) is 5.92 Å². The highest BCUT2D eigenvalue weighted by Gasteiger charge is 2.23. The Balaban J connectivity index is 2.01. The van der Waals surface area contributed by atoms with Gasteiger partial charge in [0.05, 0.1) is 6.10 Å². The van der Waals surface area contributed by atoms with Gasteiger partial charge >= 0.3 is 0 Å². The first-order valence-corrected chi connectivity index (χ1v) is 8.75. The average molecular weight is 375 g/mol. The number of rotatable bonds is 6. The van der Waals surface area contributed by atoms with Crippen LogP contribution in [0.25, 0.3) is 0 Å². The molecular weight excluding hydrogens is 352 g/mol. The molecule has 0 saturated heterocycles. The first-order valence-electron chi connectivity index (χ1n) is 8.38. The molecule has 0 radical (unpaired) electrons.